The van der Waals surface area contributed by atoms with Crippen LogP contribution >= 0.6 is 0 Å². The molecular weight excluding hydrogens is 213 g/mol. The van der Waals surface area contributed by atoms with Crippen molar-refractivity contribution in [2.45, 2.75) is 6.42 Å². The first kappa shape index (κ1) is 10.5. The van der Waals surface area contributed by atoms with Crippen molar-refractivity contribution in [1.29, 1.82) is 0 Å². The van der Waals surface area contributed by atoms with E-state index in [0.717, 1.165) is 0 Å². The molecule has 0 saturated carbocycles. The molecule has 6 heteroatoms. The molecule has 0 aliphatic carbocycles. The Morgan fingerprint density at radius 1 is 1.56 bits per heavy atom. The molecule has 1 atom stereocenters. The van der Waals surface area contributed by atoms with Crippen LogP contribution in [-0.2, 0) is 9.59 Å². The van der Waals surface area contributed by atoms with Gasteiger partial charge in [0.1, 0.15) is 5.82 Å². The van der Waals surface area contributed by atoms with Gasteiger partial charge in [0, 0.05) is 13.0 Å². The lowest BCUT2D eigenvalue weighted by atomic mass is 10.1. The minimum absolute atomic E-state index is 0.146. The average molecular weight is 223 g/mol. The fourth-order valence-corrected chi connectivity index (χ4v) is 1.50. The summed E-state index contributed by atoms with van der Waals surface area (Å²) in [7, 11) is 0. The maximum Gasteiger partial charge on any atom is 0.230 e. The second-order valence-corrected chi connectivity index (χ2v) is 3.54. The molecule has 5 nitrogen and oxygen atoms in total. The van der Waals surface area contributed by atoms with Crippen molar-refractivity contribution >= 4 is 17.6 Å². The predicted octanol–water partition coefficient (Wildman–Crippen LogP) is 0.295. The van der Waals surface area contributed by atoms with E-state index in [0.29, 0.717) is 6.54 Å². The Hall–Kier alpha value is -1.98. The molecule has 1 unspecified atom stereocenters. The van der Waals surface area contributed by atoms with Crippen LogP contribution in [0.3, 0.4) is 0 Å². The monoisotopic (exact) mass is 223 g/mol. The third-order valence-electron chi connectivity index (χ3n) is 2.31. The number of amides is 2. The van der Waals surface area contributed by atoms with Gasteiger partial charge in [-0.3, -0.25) is 9.59 Å². The van der Waals surface area contributed by atoms with Gasteiger partial charge in [-0.1, -0.05) is 6.07 Å². The zero-order chi connectivity index (χ0) is 11.5. The summed E-state index contributed by atoms with van der Waals surface area (Å²) >= 11 is 0. The Kier molecular flexibility index (Phi) is 2.80. The quantitative estimate of drug-likeness (QED) is 0.708. The summed E-state index contributed by atoms with van der Waals surface area (Å²) in [5, 5.41) is 5.02. The van der Waals surface area contributed by atoms with Gasteiger partial charge in [-0.15, -0.1) is 0 Å². The van der Waals surface area contributed by atoms with E-state index in [2.05, 4.69) is 15.6 Å². The lowest BCUT2D eigenvalue weighted by molar-refractivity contribution is -0.123. The molecule has 2 N–H and O–H groups in total. The highest BCUT2D eigenvalue weighted by Gasteiger charge is 2.27. The topological polar surface area (TPSA) is 71.1 Å². The molecule has 16 heavy (non-hydrogen) atoms. The van der Waals surface area contributed by atoms with Gasteiger partial charge in [0.2, 0.25) is 17.8 Å². The lowest BCUT2D eigenvalue weighted by Gasteiger charge is -2.07. The molecule has 1 aliphatic heterocycles. The molecule has 0 bridgehead atoms. The Morgan fingerprint density at radius 3 is 3.00 bits per heavy atom. The molecule has 1 aromatic heterocycles. The number of halogens is 1. The van der Waals surface area contributed by atoms with E-state index >= 15 is 0 Å². The Morgan fingerprint density at radius 2 is 2.38 bits per heavy atom. The summed E-state index contributed by atoms with van der Waals surface area (Å²) in [5.74, 6) is -1.37. The van der Waals surface area contributed by atoms with Crippen LogP contribution in [0.15, 0.2) is 18.2 Å². The Balaban J connectivity index is 1.99. The van der Waals surface area contributed by atoms with Gasteiger partial charge >= 0.3 is 0 Å². The summed E-state index contributed by atoms with van der Waals surface area (Å²) in [6.45, 7) is 0.319. The maximum atomic E-state index is 12.7. The van der Waals surface area contributed by atoms with Crippen LogP contribution in [0.1, 0.15) is 6.42 Å². The number of nitrogens with one attached hydrogen (secondary N) is 2. The number of anilines is 1. The smallest absolute Gasteiger partial charge is 0.230 e. The van der Waals surface area contributed by atoms with Crippen molar-refractivity contribution in [2.75, 3.05) is 11.9 Å². The number of pyridine rings is 1. The Bertz CT molecular complexity index is 436. The van der Waals surface area contributed by atoms with E-state index in [1.807, 2.05) is 0 Å². The zero-order valence-electron chi connectivity index (χ0n) is 8.37. The second kappa shape index (κ2) is 4.26. The van der Waals surface area contributed by atoms with Gasteiger partial charge in [0.05, 0.1) is 5.92 Å². The SMILES string of the molecule is O=C1CC(C(=O)Nc2cccc(F)n2)CN1. The van der Waals surface area contributed by atoms with E-state index in [4.69, 9.17) is 0 Å². The highest BCUT2D eigenvalue weighted by molar-refractivity contribution is 5.96. The van der Waals surface area contributed by atoms with E-state index in [1.165, 1.54) is 18.2 Å². The molecule has 1 aromatic rings. The second-order valence-electron chi connectivity index (χ2n) is 3.54. The maximum absolute atomic E-state index is 12.7. The number of aromatic nitrogens is 1. The molecule has 2 amide bonds. The fraction of sp³-hybridized carbons (Fsp3) is 0.300. The number of carbonyl (C=O) groups excluding carboxylic acids is 2. The minimum Gasteiger partial charge on any atom is -0.355 e. The molecule has 0 radical (unpaired) electrons. The minimum atomic E-state index is -0.654. The van der Waals surface area contributed by atoms with E-state index < -0.39 is 11.9 Å². The summed E-state index contributed by atoms with van der Waals surface area (Å²) in [6, 6.07) is 4.14. The molecule has 84 valence electrons. The van der Waals surface area contributed by atoms with Crippen LogP contribution in [0.2, 0.25) is 0 Å². The van der Waals surface area contributed by atoms with Gasteiger partial charge in [0.25, 0.3) is 0 Å². The predicted molar refractivity (Wildman–Crippen MR) is 53.9 cm³/mol. The summed E-state index contributed by atoms with van der Waals surface area (Å²) < 4.78 is 12.7. The van der Waals surface area contributed by atoms with E-state index in [9.17, 15) is 14.0 Å². The first-order chi connectivity index (χ1) is 7.65. The molecule has 1 aliphatic rings. The molecular formula is C10H10FN3O2. The number of rotatable bonds is 2. The highest BCUT2D eigenvalue weighted by atomic mass is 19.1. The number of nitrogens with zero attached hydrogens (tertiary/aromatic N) is 1. The average Bonchev–Trinajstić information content (AvgIpc) is 2.65. The van der Waals surface area contributed by atoms with Crippen molar-refractivity contribution in [1.82, 2.24) is 10.3 Å². The Labute approximate surface area is 91.1 Å². The van der Waals surface area contributed by atoms with Crippen LogP contribution in [0.5, 0.6) is 0 Å². The molecule has 2 heterocycles. The molecule has 1 saturated heterocycles. The van der Waals surface area contributed by atoms with Gasteiger partial charge in [0.15, 0.2) is 0 Å². The summed E-state index contributed by atoms with van der Waals surface area (Å²) in [4.78, 5) is 26.0. The van der Waals surface area contributed by atoms with Crippen LogP contribution in [0.25, 0.3) is 0 Å². The molecule has 0 aromatic carbocycles. The normalized spacial score (nSPS) is 19.3. The van der Waals surface area contributed by atoms with Crippen LogP contribution in [0, 0.1) is 11.9 Å². The van der Waals surface area contributed by atoms with Gasteiger partial charge < -0.3 is 10.6 Å². The van der Waals surface area contributed by atoms with Crippen LogP contribution in [0.4, 0.5) is 10.2 Å². The molecule has 0 spiro atoms. The first-order valence-electron chi connectivity index (χ1n) is 4.85. The van der Waals surface area contributed by atoms with Crippen molar-refractivity contribution in [2.24, 2.45) is 5.92 Å². The van der Waals surface area contributed by atoms with Crippen LogP contribution < -0.4 is 10.6 Å². The third kappa shape index (κ3) is 2.33. The number of carbonyl (C=O) groups is 2. The highest BCUT2D eigenvalue weighted by Crippen LogP contribution is 2.12. The van der Waals surface area contributed by atoms with Gasteiger partial charge in [-0.05, 0) is 12.1 Å². The lowest BCUT2D eigenvalue weighted by Crippen LogP contribution is -2.25. The van der Waals surface area contributed by atoms with E-state index in [-0.39, 0.29) is 24.1 Å². The zero-order valence-corrected chi connectivity index (χ0v) is 8.37. The third-order valence-corrected chi connectivity index (χ3v) is 2.31. The fourth-order valence-electron chi connectivity index (χ4n) is 1.50. The number of hydrogen-bond donors (Lipinski definition) is 2. The first-order valence-corrected chi connectivity index (χ1v) is 4.85. The van der Waals surface area contributed by atoms with E-state index in [1.54, 1.807) is 0 Å². The standard InChI is InChI=1S/C10H10FN3O2/c11-7-2-1-3-8(13-7)14-10(16)6-4-9(15)12-5-6/h1-3,6H,4-5H2,(H,12,15)(H,13,14,16). The van der Waals surface area contributed by atoms with Crippen molar-refractivity contribution < 1.29 is 14.0 Å². The molecule has 2 rings (SSSR count). The van der Waals surface area contributed by atoms with Crippen molar-refractivity contribution in [3.05, 3.63) is 24.1 Å². The molecule has 1 fully saturated rings. The van der Waals surface area contributed by atoms with Crippen LogP contribution in [-0.4, -0.2) is 23.3 Å². The summed E-state index contributed by atoms with van der Waals surface area (Å²) in [6.07, 6.45) is 0.168. The van der Waals surface area contributed by atoms with Gasteiger partial charge in [-0.2, -0.15) is 4.39 Å². The number of hydrogen-bond acceptors (Lipinski definition) is 3. The van der Waals surface area contributed by atoms with Crippen molar-refractivity contribution in [3.8, 4) is 0 Å². The largest absolute Gasteiger partial charge is 0.355 e. The van der Waals surface area contributed by atoms with Crippen molar-refractivity contribution in [3.63, 3.8) is 0 Å². The summed E-state index contributed by atoms with van der Waals surface area (Å²) in [5.41, 5.74) is 0. The van der Waals surface area contributed by atoms with Gasteiger partial charge in [-0.25, -0.2) is 4.98 Å².